The van der Waals surface area contributed by atoms with Gasteiger partial charge in [-0.25, -0.2) is 4.79 Å². The summed E-state index contributed by atoms with van der Waals surface area (Å²) in [6.07, 6.45) is 4.43. The van der Waals surface area contributed by atoms with Crippen molar-refractivity contribution < 1.29 is 19.5 Å². The van der Waals surface area contributed by atoms with E-state index in [1.54, 1.807) is 12.1 Å². The Bertz CT molecular complexity index is 756. The van der Waals surface area contributed by atoms with Crippen LogP contribution in [-0.2, 0) is 22.6 Å². The van der Waals surface area contributed by atoms with Crippen LogP contribution in [0.2, 0.25) is 0 Å². The summed E-state index contributed by atoms with van der Waals surface area (Å²) in [5, 5.41) is 9.18. The lowest BCUT2D eigenvalue weighted by atomic mass is 9.93. The Morgan fingerprint density at radius 2 is 1.69 bits per heavy atom. The van der Waals surface area contributed by atoms with Crippen molar-refractivity contribution in [1.82, 2.24) is 9.80 Å². The van der Waals surface area contributed by atoms with Crippen LogP contribution in [0.15, 0.2) is 18.2 Å². The molecule has 1 unspecified atom stereocenters. The van der Waals surface area contributed by atoms with Crippen LogP contribution in [0.1, 0.15) is 47.2 Å². The van der Waals surface area contributed by atoms with Crippen LogP contribution in [-0.4, -0.2) is 52.3 Å². The zero-order chi connectivity index (χ0) is 18.3. The first-order valence-electron chi connectivity index (χ1n) is 9.45. The van der Waals surface area contributed by atoms with Gasteiger partial charge in [0.25, 0.3) is 0 Å². The summed E-state index contributed by atoms with van der Waals surface area (Å²) in [5.74, 6) is -0.559. The van der Waals surface area contributed by atoms with Crippen molar-refractivity contribution >= 4 is 17.8 Å². The molecule has 0 bridgehead atoms. The Labute approximate surface area is 152 Å². The minimum atomic E-state index is -0.947. The number of carbonyl (C=O) groups excluding carboxylic acids is 2. The minimum absolute atomic E-state index is 0.102. The van der Waals surface area contributed by atoms with E-state index in [0.717, 1.165) is 49.8 Å². The molecule has 2 amide bonds. The maximum atomic E-state index is 13.0. The summed E-state index contributed by atoms with van der Waals surface area (Å²) in [6.45, 7) is 2.42. The first-order chi connectivity index (χ1) is 12.5. The van der Waals surface area contributed by atoms with Crippen LogP contribution in [0.3, 0.4) is 0 Å². The lowest BCUT2D eigenvalue weighted by Crippen LogP contribution is -2.48. The molecule has 138 valence electrons. The van der Waals surface area contributed by atoms with Gasteiger partial charge in [-0.2, -0.15) is 0 Å². The van der Waals surface area contributed by atoms with E-state index in [1.165, 1.54) is 0 Å². The van der Waals surface area contributed by atoms with E-state index in [1.807, 2.05) is 15.9 Å². The SMILES string of the molecule is O=C(O)c1ccc2c(c1)CN(C(=O)C1CCCN(C(=O)C3CC3)C1)CC2. The highest BCUT2D eigenvalue weighted by Crippen LogP contribution is 2.33. The van der Waals surface area contributed by atoms with E-state index >= 15 is 0 Å². The van der Waals surface area contributed by atoms with Crippen molar-refractivity contribution in [2.24, 2.45) is 11.8 Å². The Kier molecular flexibility index (Phi) is 4.42. The monoisotopic (exact) mass is 356 g/mol. The Balaban J connectivity index is 1.44. The van der Waals surface area contributed by atoms with Gasteiger partial charge in [-0.05, 0) is 55.4 Å². The Morgan fingerprint density at radius 3 is 2.42 bits per heavy atom. The number of benzene rings is 1. The van der Waals surface area contributed by atoms with Gasteiger partial charge >= 0.3 is 5.97 Å². The number of carbonyl (C=O) groups is 3. The first-order valence-corrected chi connectivity index (χ1v) is 9.45. The third-order valence-electron chi connectivity index (χ3n) is 5.79. The van der Waals surface area contributed by atoms with Crippen LogP contribution in [0.5, 0.6) is 0 Å². The molecule has 2 aliphatic heterocycles. The van der Waals surface area contributed by atoms with Crippen molar-refractivity contribution in [3.05, 3.63) is 34.9 Å². The lowest BCUT2D eigenvalue weighted by molar-refractivity contribution is -0.142. The number of aromatic carboxylic acids is 1. The number of carboxylic acid groups (broad SMARTS) is 1. The fourth-order valence-corrected chi connectivity index (χ4v) is 4.10. The zero-order valence-electron chi connectivity index (χ0n) is 14.8. The quantitative estimate of drug-likeness (QED) is 0.897. The van der Waals surface area contributed by atoms with E-state index in [0.29, 0.717) is 19.6 Å². The molecule has 1 aromatic carbocycles. The number of fused-ring (bicyclic) bond motifs is 1. The van der Waals surface area contributed by atoms with Gasteiger partial charge in [0, 0.05) is 32.1 Å². The topological polar surface area (TPSA) is 77.9 Å². The molecule has 4 rings (SSSR count). The molecule has 0 radical (unpaired) electrons. The molecule has 1 saturated carbocycles. The molecule has 3 aliphatic rings. The molecular formula is C20H24N2O4. The van der Waals surface area contributed by atoms with Crippen LogP contribution < -0.4 is 0 Å². The number of nitrogens with zero attached hydrogens (tertiary/aromatic N) is 2. The van der Waals surface area contributed by atoms with Crippen molar-refractivity contribution in [2.45, 2.75) is 38.6 Å². The molecule has 26 heavy (non-hydrogen) atoms. The molecule has 0 aromatic heterocycles. The molecule has 1 aliphatic carbocycles. The highest BCUT2D eigenvalue weighted by Gasteiger charge is 2.38. The fourth-order valence-electron chi connectivity index (χ4n) is 4.10. The number of piperidine rings is 1. The van der Waals surface area contributed by atoms with E-state index in [-0.39, 0.29) is 29.2 Å². The number of amides is 2. The molecule has 0 spiro atoms. The summed E-state index contributed by atoms with van der Waals surface area (Å²) in [6, 6.07) is 5.17. The number of hydrogen-bond acceptors (Lipinski definition) is 3. The van der Waals surface area contributed by atoms with Gasteiger partial charge in [-0.3, -0.25) is 9.59 Å². The van der Waals surface area contributed by atoms with Gasteiger partial charge in [-0.15, -0.1) is 0 Å². The summed E-state index contributed by atoms with van der Waals surface area (Å²) in [4.78, 5) is 40.2. The molecule has 6 nitrogen and oxygen atoms in total. The number of carboxylic acids is 1. The maximum Gasteiger partial charge on any atom is 0.335 e. The summed E-state index contributed by atoms with van der Waals surface area (Å²) >= 11 is 0. The van der Waals surface area contributed by atoms with E-state index in [9.17, 15) is 19.5 Å². The Morgan fingerprint density at radius 1 is 0.923 bits per heavy atom. The van der Waals surface area contributed by atoms with Crippen LogP contribution in [0.25, 0.3) is 0 Å². The van der Waals surface area contributed by atoms with Crippen LogP contribution in [0.4, 0.5) is 0 Å². The second-order valence-corrected chi connectivity index (χ2v) is 7.70. The van der Waals surface area contributed by atoms with Crippen LogP contribution in [0, 0.1) is 11.8 Å². The highest BCUT2D eigenvalue weighted by molar-refractivity contribution is 5.88. The lowest BCUT2D eigenvalue weighted by Gasteiger charge is -2.37. The van der Waals surface area contributed by atoms with Gasteiger partial charge in [0.1, 0.15) is 0 Å². The van der Waals surface area contributed by atoms with Crippen molar-refractivity contribution in [2.75, 3.05) is 19.6 Å². The van der Waals surface area contributed by atoms with E-state index in [4.69, 9.17) is 0 Å². The highest BCUT2D eigenvalue weighted by atomic mass is 16.4. The molecular weight excluding hydrogens is 332 g/mol. The van der Waals surface area contributed by atoms with Crippen LogP contribution >= 0.6 is 0 Å². The molecule has 1 aromatic rings. The van der Waals surface area contributed by atoms with Gasteiger partial charge in [0.05, 0.1) is 11.5 Å². The average molecular weight is 356 g/mol. The maximum absolute atomic E-state index is 13.0. The number of rotatable bonds is 3. The van der Waals surface area contributed by atoms with Crippen molar-refractivity contribution in [1.29, 1.82) is 0 Å². The predicted molar refractivity (Wildman–Crippen MR) is 94.6 cm³/mol. The molecule has 6 heteroatoms. The largest absolute Gasteiger partial charge is 0.478 e. The normalized spacial score (nSPS) is 22.7. The molecule has 2 heterocycles. The first kappa shape index (κ1) is 17.1. The van der Waals surface area contributed by atoms with Gasteiger partial charge in [-0.1, -0.05) is 6.07 Å². The van der Waals surface area contributed by atoms with Gasteiger partial charge in [0.2, 0.25) is 11.8 Å². The average Bonchev–Trinajstić information content (AvgIpc) is 3.51. The molecule has 1 atom stereocenters. The number of likely N-dealkylation sites (tertiary alicyclic amines) is 1. The number of hydrogen-bond donors (Lipinski definition) is 1. The molecule has 1 N–H and O–H groups in total. The van der Waals surface area contributed by atoms with Crippen molar-refractivity contribution in [3.63, 3.8) is 0 Å². The summed E-state index contributed by atoms with van der Waals surface area (Å²) < 4.78 is 0. The minimum Gasteiger partial charge on any atom is -0.478 e. The second-order valence-electron chi connectivity index (χ2n) is 7.70. The van der Waals surface area contributed by atoms with Gasteiger partial charge in [0.15, 0.2) is 0 Å². The standard InChI is InChI=1S/C20H24N2O4/c23-18(14-4-5-14)21-8-1-2-16(11-21)19(24)22-9-7-13-3-6-15(20(25)26)10-17(13)12-22/h3,6,10,14,16H,1-2,4-5,7-9,11-12H2,(H,25,26). The van der Waals surface area contributed by atoms with E-state index < -0.39 is 5.97 Å². The third kappa shape index (κ3) is 3.32. The third-order valence-corrected chi connectivity index (χ3v) is 5.79. The molecule has 1 saturated heterocycles. The van der Waals surface area contributed by atoms with E-state index in [2.05, 4.69) is 0 Å². The fraction of sp³-hybridized carbons (Fsp3) is 0.550. The van der Waals surface area contributed by atoms with Crippen molar-refractivity contribution in [3.8, 4) is 0 Å². The zero-order valence-corrected chi connectivity index (χ0v) is 14.8. The summed E-state index contributed by atoms with van der Waals surface area (Å²) in [7, 11) is 0. The second kappa shape index (κ2) is 6.74. The molecule has 2 fully saturated rings. The Hall–Kier alpha value is -2.37. The smallest absolute Gasteiger partial charge is 0.335 e. The summed E-state index contributed by atoms with van der Waals surface area (Å²) in [5.41, 5.74) is 2.30. The van der Waals surface area contributed by atoms with Gasteiger partial charge < -0.3 is 14.9 Å². The predicted octanol–water partition coefficient (Wildman–Crippen LogP) is 1.92.